The molecule has 3 atom stereocenters. The summed E-state index contributed by atoms with van der Waals surface area (Å²) in [6.45, 7) is 2.84. The Morgan fingerprint density at radius 2 is 1.94 bits per heavy atom. The normalized spacial score (nSPS) is 22.8. The smallest absolute Gasteiger partial charge is 0.317 e. The molecule has 0 bridgehead atoms. The van der Waals surface area contributed by atoms with Crippen molar-refractivity contribution in [2.24, 2.45) is 0 Å². The Balaban J connectivity index is 1.31. The number of aromatic amines is 1. The minimum Gasteiger partial charge on any atom is -0.365 e. The molecule has 3 N–H and O–H groups in total. The number of benzene rings is 1. The number of rotatable bonds is 4. The van der Waals surface area contributed by atoms with Crippen molar-refractivity contribution in [2.45, 2.75) is 63.6 Å². The number of likely N-dealkylation sites (tertiary alicyclic amines) is 1. The van der Waals surface area contributed by atoms with Crippen LogP contribution < -0.4 is 10.6 Å². The van der Waals surface area contributed by atoms with Crippen LogP contribution in [0, 0.1) is 17.5 Å². The van der Waals surface area contributed by atoms with Crippen LogP contribution in [0.25, 0.3) is 22.3 Å². The second kappa shape index (κ2) is 9.15. The van der Waals surface area contributed by atoms with Gasteiger partial charge in [-0.15, -0.1) is 0 Å². The van der Waals surface area contributed by atoms with Crippen molar-refractivity contribution < 1.29 is 18.0 Å². The monoisotopic (exact) mass is 472 g/mol. The van der Waals surface area contributed by atoms with Crippen molar-refractivity contribution in [3.05, 3.63) is 42.0 Å². The van der Waals surface area contributed by atoms with Gasteiger partial charge in [0.05, 0.1) is 11.7 Å². The van der Waals surface area contributed by atoms with E-state index < -0.39 is 17.5 Å². The van der Waals surface area contributed by atoms with E-state index in [1.165, 1.54) is 12.3 Å². The number of hydrogen-bond donors (Lipinski definition) is 3. The van der Waals surface area contributed by atoms with Crippen molar-refractivity contribution in [3.8, 4) is 11.4 Å². The summed E-state index contributed by atoms with van der Waals surface area (Å²) in [4.78, 5) is 25.6. The predicted molar refractivity (Wildman–Crippen MR) is 123 cm³/mol. The average molecular weight is 473 g/mol. The number of aromatic nitrogens is 3. The first-order chi connectivity index (χ1) is 16.4. The van der Waals surface area contributed by atoms with Gasteiger partial charge in [0.15, 0.2) is 17.5 Å². The van der Waals surface area contributed by atoms with E-state index in [0.717, 1.165) is 50.9 Å². The van der Waals surface area contributed by atoms with E-state index in [0.29, 0.717) is 12.0 Å². The van der Waals surface area contributed by atoms with E-state index in [1.54, 1.807) is 0 Å². The van der Waals surface area contributed by atoms with E-state index in [2.05, 4.69) is 32.5 Å². The van der Waals surface area contributed by atoms with E-state index in [9.17, 15) is 18.0 Å². The topological polar surface area (TPSA) is 85.9 Å². The van der Waals surface area contributed by atoms with Gasteiger partial charge in [-0.3, -0.25) is 0 Å². The van der Waals surface area contributed by atoms with Crippen LogP contribution in [0.4, 0.5) is 23.8 Å². The molecule has 180 valence electrons. The molecule has 1 saturated carbocycles. The molecular formula is C24H27F3N6O. The number of urea groups is 1. The lowest BCUT2D eigenvalue weighted by atomic mass is 9.91. The summed E-state index contributed by atoms with van der Waals surface area (Å²) >= 11 is 0. The number of carbonyl (C=O) groups excluding carboxylic acids is 1. The van der Waals surface area contributed by atoms with E-state index in [-0.39, 0.29) is 46.7 Å². The summed E-state index contributed by atoms with van der Waals surface area (Å²) in [5, 5.41) is 6.57. The minimum absolute atomic E-state index is 0.00418. The fourth-order valence-corrected chi connectivity index (χ4v) is 5.08. The van der Waals surface area contributed by atoms with Gasteiger partial charge in [0.1, 0.15) is 11.6 Å². The zero-order chi connectivity index (χ0) is 23.8. The molecule has 1 aromatic carbocycles. The fraction of sp³-hybridized carbons (Fsp3) is 0.458. The standard InChI is InChI=1S/C24H27F3N6O/c1-13-4-3-7-33(13)24(34)31-16-6-2-5-15(10-16)30-23-20(27)12-29-22(32-23)18-11-28-21-17(18)8-14(25)9-19(21)26/h8-9,11-13,15-16,28H,2-7,10H2,1H3,(H,31,34)(H,29,30,32). The van der Waals surface area contributed by atoms with E-state index in [1.807, 2.05) is 4.90 Å². The first kappa shape index (κ1) is 22.5. The quantitative estimate of drug-likeness (QED) is 0.501. The lowest BCUT2D eigenvalue weighted by Gasteiger charge is -2.32. The molecule has 2 aliphatic rings. The van der Waals surface area contributed by atoms with Gasteiger partial charge in [0.2, 0.25) is 0 Å². The molecule has 5 rings (SSSR count). The van der Waals surface area contributed by atoms with Gasteiger partial charge in [-0.25, -0.2) is 27.9 Å². The lowest BCUT2D eigenvalue weighted by molar-refractivity contribution is 0.187. The predicted octanol–water partition coefficient (Wildman–Crippen LogP) is 4.96. The van der Waals surface area contributed by atoms with Crippen molar-refractivity contribution in [1.82, 2.24) is 25.2 Å². The summed E-state index contributed by atoms with van der Waals surface area (Å²) in [7, 11) is 0. The summed E-state index contributed by atoms with van der Waals surface area (Å²) in [6.07, 6.45) is 7.80. The minimum atomic E-state index is -0.722. The highest BCUT2D eigenvalue weighted by Gasteiger charge is 2.29. The summed E-state index contributed by atoms with van der Waals surface area (Å²) in [6, 6.07) is 2.12. The third kappa shape index (κ3) is 4.41. The number of H-pyrrole nitrogens is 1. The summed E-state index contributed by atoms with van der Waals surface area (Å²) in [5.41, 5.74) is 0.516. The Hall–Kier alpha value is -3.30. The zero-order valence-corrected chi connectivity index (χ0v) is 18.9. The summed E-state index contributed by atoms with van der Waals surface area (Å²) in [5.74, 6) is -1.87. The second-order valence-electron chi connectivity index (χ2n) is 9.24. The largest absolute Gasteiger partial charge is 0.365 e. The molecule has 2 amide bonds. The number of carbonyl (C=O) groups is 1. The second-order valence-corrected chi connectivity index (χ2v) is 9.24. The molecule has 0 spiro atoms. The number of anilines is 1. The maximum Gasteiger partial charge on any atom is 0.317 e. The Morgan fingerprint density at radius 1 is 1.12 bits per heavy atom. The van der Waals surface area contributed by atoms with Crippen LogP contribution >= 0.6 is 0 Å². The molecule has 10 heteroatoms. The summed E-state index contributed by atoms with van der Waals surface area (Å²) < 4.78 is 42.4. The van der Waals surface area contributed by atoms with Crippen molar-refractivity contribution in [1.29, 1.82) is 0 Å². The first-order valence-corrected chi connectivity index (χ1v) is 11.7. The molecule has 2 fully saturated rings. The maximum atomic E-state index is 14.6. The molecule has 1 saturated heterocycles. The molecule has 3 heterocycles. The van der Waals surface area contributed by atoms with Gasteiger partial charge in [-0.1, -0.05) is 0 Å². The van der Waals surface area contributed by atoms with E-state index in [4.69, 9.17) is 0 Å². The molecule has 3 unspecified atom stereocenters. The molecule has 0 radical (unpaired) electrons. The van der Waals surface area contributed by atoms with Crippen LogP contribution in [0.5, 0.6) is 0 Å². The number of hydrogen-bond acceptors (Lipinski definition) is 4. The Bertz CT molecular complexity index is 1210. The molecule has 1 aliphatic heterocycles. The van der Waals surface area contributed by atoms with Crippen molar-refractivity contribution in [3.63, 3.8) is 0 Å². The molecule has 3 aromatic rings. The SMILES string of the molecule is CC1CCCN1C(=O)NC1CCCC(Nc2nc(-c3c[nH]c4c(F)cc(F)cc34)ncc2F)C1. The van der Waals surface area contributed by atoms with Crippen LogP contribution in [-0.2, 0) is 0 Å². The average Bonchev–Trinajstić information content (AvgIpc) is 3.42. The molecule has 7 nitrogen and oxygen atoms in total. The van der Waals surface area contributed by atoms with Crippen LogP contribution in [0.1, 0.15) is 45.4 Å². The first-order valence-electron chi connectivity index (χ1n) is 11.7. The van der Waals surface area contributed by atoms with Crippen LogP contribution in [0.2, 0.25) is 0 Å². The molecule has 34 heavy (non-hydrogen) atoms. The highest BCUT2D eigenvalue weighted by molar-refractivity contribution is 5.94. The maximum absolute atomic E-state index is 14.6. The lowest BCUT2D eigenvalue weighted by Crippen LogP contribution is -2.48. The highest BCUT2D eigenvalue weighted by atomic mass is 19.1. The van der Waals surface area contributed by atoms with Gasteiger partial charge in [0.25, 0.3) is 0 Å². The number of halogens is 3. The zero-order valence-electron chi connectivity index (χ0n) is 18.9. The molecule has 1 aliphatic carbocycles. The Labute approximate surface area is 195 Å². The van der Waals surface area contributed by atoms with Gasteiger partial charge < -0.3 is 20.5 Å². The Kier molecular flexibility index (Phi) is 6.05. The van der Waals surface area contributed by atoms with Crippen molar-refractivity contribution in [2.75, 3.05) is 11.9 Å². The van der Waals surface area contributed by atoms with Crippen LogP contribution in [-0.4, -0.2) is 50.6 Å². The van der Waals surface area contributed by atoms with Crippen LogP contribution in [0.3, 0.4) is 0 Å². The number of amides is 2. The van der Waals surface area contributed by atoms with Gasteiger partial charge in [-0.05, 0) is 51.5 Å². The highest BCUT2D eigenvalue weighted by Crippen LogP contribution is 2.30. The third-order valence-electron chi connectivity index (χ3n) is 6.85. The third-order valence-corrected chi connectivity index (χ3v) is 6.85. The molecular weight excluding hydrogens is 445 g/mol. The van der Waals surface area contributed by atoms with Gasteiger partial charge >= 0.3 is 6.03 Å². The van der Waals surface area contributed by atoms with Crippen molar-refractivity contribution >= 4 is 22.8 Å². The number of nitrogens with one attached hydrogen (secondary N) is 3. The van der Waals surface area contributed by atoms with Gasteiger partial charge in [0, 0.05) is 47.9 Å². The van der Waals surface area contributed by atoms with Crippen LogP contribution in [0.15, 0.2) is 24.5 Å². The Morgan fingerprint density at radius 3 is 2.74 bits per heavy atom. The molecule has 2 aromatic heterocycles. The number of nitrogens with zero attached hydrogens (tertiary/aromatic N) is 3. The fourth-order valence-electron chi connectivity index (χ4n) is 5.08. The number of fused-ring (bicyclic) bond motifs is 1. The van der Waals surface area contributed by atoms with Gasteiger partial charge in [-0.2, -0.15) is 0 Å². The van der Waals surface area contributed by atoms with E-state index >= 15 is 0 Å².